The number of nitrogens with zero attached hydrogens (tertiary/aromatic N) is 2. The zero-order valence-corrected chi connectivity index (χ0v) is 20.0. The minimum atomic E-state index is -3.52. The summed E-state index contributed by atoms with van der Waals surface area (Å²) in [5, 5.41) is 2.91. The summed E-state index contributed by atoms with van der Waals surface area (Å²) in [6.07, 6.45) is 1.22. The Bertz CT molecular complexity index is 1210. The number of carbonyl (C=O) groups is 1. The van der Waals surface area contributed by atoms with Crippen LogP contribution in [0, 0.1) is 6.92 Å². The van der Waals surface area contributed by atoms with Crippen LogP contribution in [-0.4, -0.2) is 49.9 Å². The van der Waals surface area contributed by atoms with Gasteiger partial charge in [-0.15, -0.1) is 0 Å². The third-order valence-corrected chi connectivity index (χ3v) is 7.84. The summed E-state index contributed by atoms with van der Waals surface area (Å²) in [5.74, 6) is 0.577. The first-order valence-electron chi connectivity index (χ1n) is 11.4. The van der Waals surface area contributed by atoms with Crippen LogP contribution in [0.5, 0.6) is 5.75 Å². The molecule has 0 spiro atoms. The molecule has 1 aliphatic rings. The van der Waals surface area contributed by atoms with Crippen molar-refractivity contribution in [1.82, 2.24) is 14.6 Å². The molecule has 7 nitrogen and oxygen atoms in total. The molecule has 8 heteroatoms. The molecule has 0 atom stereocenters. The lowest BCUT2D eigenvalue weighted by Gasteiger charge is -2.31. The van der Waals surface area contributed by atoms with Crippen LogP contribution in [0.15, 0.2) is 77.7 Å². The molecule has 1 aliphatic heterocycles. The molecule has 1 fully saturated rings. The second kappa shape index (κ2) is 10.8. The minimum Gasteiger partial charge on any atom is -0.492 e. The second-order valence-corrected chi connectivity index (χ2v) is 10.2. The van der Waals surface area contributed by atoms with Gasteiger partial charge in [-0.2, -0.15) is 4.31 Å². The van der Waals surface area contributed by atoms with E-state index >= 15 is 0 Å². The number of sulfonamides is 1. The topological polar surface area (TPSA) is 88.6 Å². The molecule has 1 aromatic heterocycles. The van der Waals surface area contributed by atoms with Gasteiger partial charge >= 0.3 is 0 Å². The number of aryl methyl sites for hydroxylation is 1. The Labute approximate surface area is 200 Å². The van der Waals surface area contributed by atoms with Crippen molar-refractivity contribution in [2.24, 2.45) is 0 Å². The average Bonchev–Trinajstić information content (AvgIpc) is 2.87. The number of benzene rings is 2. The van der Waals surface area contributed by atoms with Crippen molar-refractivity contribution < 1.29 is 17.9 Å². The van der Waals surface area contributed by atoms with Crippen LogP contribution < -0.4 is 10.1 Å². The van der Waals surface area contributed by atoms with Gasteiger partial charge in [0.15, 0.2) is 0 Å². The van der Waals surface area contributed by atoms with Gasteiger partial charge in [-0.1, -0.05) is 36.4 Å². The highest BCUT2D eigenvalue weighted by Gasteiger charge is 2.32. The maximum Gasteiger partial charge on any atom is 0.253 e. The van der Waals surface area contributed by atoms with Gasteiger partial charge in [0.2, 0.25) is 10.0 Å². The van der Waals surface area contributed by atoms with E-state index in [-0.39, 0.29) is 11.8 Å². The fraction of sp³-hybridized carbons (Fsp3) is 0.308. The molecular formula is C26H29N3O4S. The van der Waals surface area contributed by atoms with Crippen molar-refractivity contribution in [3.05, 3.63) is 89.7 Å². The molecule has 34 heavy (non-hydrogen) atoms. The Kier molecular flexibility index (Phi) is 7.59. The van der Waals surface area contributed by atoms with E-state index in [1.54, 1.807) is 36.4 Å². The fourth-order valence-corrected chi connectivity index (χ4v) is 5.63. The summed E-state index contributed by atoms with van der Waals surface area (Å²) in [6, 6.07) is 21.6. The van der Waals surface area contributed by atoms with Gasteiger partial charge in [0.25, 0.3) is 5.91 Å². The summed E-state index contributed by atoms with van der Waals surface area (Å²) in [4.78, 5) is 17.9. The highest BCUT2D eigenvalue weighted by atomic mass is 32.2. The van der Waals surface area contributed by atoms with Crippen molar-refractivity contribution in [3.8, 4) is 5.75 Å². The van der Waals surface area contributed by atoms with E-state index in [0.717, 1.165) is 17.1 Å². The van der Waals surface area contributed by atoms with Crippen LogP contribution in [-0.2, 0) is 10.0 Å². The van der Waals surface area contributed by atoms with Crippen molar-refractivity contribution in [3.63, 3.8) is 0 Å². The summed E-state index contributed by atoms with van der Waals surface area (Å²) < 4.78 is 33.1. The number of hydrogen-bond acceptors (Lipinski definition) is 5. The lowest BCUT2D eigenvalue weighted by molar-refractivity contribution is 0.0944. The molecule has 1 amide bonds. The van der Waals surface area contributed by atoms with E-state index in [2.05, 4.69) is 10.3 Å². The van der Waals surface area contributed by atoms with Gasteiger partial charge in [-0.25, -0.2) is 8.42 Å². The quantitative estimate of drug-likeness (QED) is 0.497. The first-order valence-corrected chi connectivity index (χ1v) is 12.9. The van der Waals surface area contributed by atoms with Crippen LogP contribution in [0.1, 0.15) is 40.5 Å². The van der Waals surface area contributed by atoms with Crippen molar-refractivity contribution in [2.75, 3.05) is 26.2 Å². The van der Waals surface area contributed by atoms with Crippen LogP contribution in [0.3, 0.4) is 0 Å². The number of para-hydroxylation sites is 1. The van der Waals surface area contributed by atoms with Gasteiger partial charge in [0.05, 0.1) is 22.7 Å². The lowest BCUT2D eigenvalue weighted by atomic mass is 9.90. The second-order valence-electron chi connectivity index (χ2n) is 8.29. The first kappa shape index (κ1) is 23.9. The highest BCUT2D eigenvalue weighted by molar-refractivity contribution is 7.89. The molecule has 3 aromatic rings. The molecule has 4 rings (SSSR count). The van der Waals surface area contributed by atoms with Gasteiger partial charge in [-0.05, 0) is 56.2 Å². The summed E-state index contributed by atoms with van der Waals surface area (Å²) in [6.45, 7) is 3.41. The van der Waals surface area contributed by atoms with Crippen LogP contribution >= 0.6 is 0 Å². The molecule has 0 bridgehead atoms. The van der Waals surface area contributed by atoms with Gasteiger partial charge < -0.3 is 10.1 Å². The maximum atomic E-state index is 12.9. The Hall–Kier alpha value is -3.23. The molecule has 0 aliphatic carbocycles. The molecule has 2 aromatic carbocycles. The predicted octanol–water partition coefficient (Wildman–Crippen LogP) is 3.77. The number of nitrogens with one attached hydrogen (secondary N) is 1. The normalized spacial score (nSPS) is 15.1. The molecule has 178 valence electrons. The number of carbonyl (C=O) groups excluding carboxylic acids is 1. The highest BCUT2D eigenvalue weighted by Crippen LogP contribution is 2.31. The molecule has 0 radical (unpaired) electrons. The number of piperidine rings is 1. The van der Waals surface area contributed by atoms with E-state index in [1.165, 1.54) is 4.31 Å². The minimum absolute atomic E-state index is 0.0171. The zero-order valence-electron chi connectivity index (χ0n) is 19.2. The van der Waals surface area contributed by atoms with Crippen LogP contribution in [0.2, 0.25) is 0 Å². The molecular weight excluding hydrogens is 450 g/mol. The summed E-state index contributed by atoms with van der Waals surface area (Å²) in [5.41, 5.74) is 2.10. The zero-order chi connectivity index (χ0) is 24.0. The number of aromatic nitrogens is 1. The number of rotatable bonds is 8. The standard InChI is InChI=1S/C26H29N3O4S/c1-20-12-13-24(26(30)27-16-19-33-22-8-4-2-5-9-22)25(28-20)21-14-17-29(18-15-21)34(31,32)23-10-6-3-7-11-23/h2-13,21H,14-19H2,1H3,(H,27,30). The third-order valence-electron chi connectivity index (χ3n) is 5.93. The van der Waals surface area contributed by atoms with Crippen molar-refractivity contribution >= 4 is 15.9 Å². The largest absolute Gasteiger partial charge is 0.492 e. The molecule has 1 N–H and O–H groups in total. The van der Waals surface area contributed by atoms with Gasteiger partial charge in [0.1, 0.15) is 12.4 Å². The maximum absolute atomic E-state index is 12.9. The Balaban J connectivity index is 1.39. The van der Waals surface area contributed by atoms with Gasteiger partial charge in [-0.3, -0.25) is 9.78 Å². The molecule has 0 unspecified atom stereocenters. The summed E-state index contributed by atoms with van der Waals surface area (Å²) >= 11 is 0. The van der Waals surface area contributed by atoms with Crippen LogP contribution in [0.25, 0.3) is 0 Å². The van der Waals surface area contributed by atoms with Gasteiger partial charge in [0, 0.05) is 24.7 Å². The van der Waals surface area contributed by atoms with E-state index in [9.17, 15) is 13.2 Å². The van der Waals surface area contributed by atoms with Crippen molar-refractivity contribution in [1.29, 1.82) is 0 Å². The van der Waals surface area contributed by atoms with E-state index in [4.69, 9.17) is 4.74 Å². The smallest absolute Gasteiger partial charge is 0.253 e. The SMILES string of the molecule is Cc1ccc(C(=O)NCCOc2ccccc2)c(C2CCN(S(=O)(=O)c3ccccc3)CC2)n1. The molecule has 0 saturated carbocycles. The monoisotopic (exact) mass is 479 g/mol. The lowest BCUT2D eigenvalue weighted by Crippen LogP contribution is -2.38. The van der Waals surface area contributed by atoms with Crippen molar-refractivity contribution in [2.45, 2.75) is 30.6 Å². The third kappa shape index (κ3) is 5.63. The Morgan fingerprint density at radius 2 is 1.65 bits per heavy atom. The molecule has 2 heterocycles. The number of ether oxygens (including phenoxy) is 1. The number of pyridine rings is 1. The number of amides is 1. The van der Waals surface area contributed by atoms with Crippen LogP contribution in [0.4, 0.5) is 0 Å². The Morgan fingerprint density at radius 1 is 1.00 bits per heavy atom. The van der Waals surface area contributed by atoms with E-state index in [0.29, 0.717) is 49.5 Å². The molecule has 1 saturated heterocycles. The Morgan fingerprint density at radius 3 is 2.32 bits per heavy atom. The predicted molar refractivity (Wildman–Crippen MR) is 130 cm³/mol. The van der Waals surface area contributed by atoms with E-state index in [1.807, 2.05) is 43.3 Å². The van der Waals surface area contributed by atoms with E-state index < -0.39 is 10.0 Å². The summed E-state index contributed by atoms with van der Waals surface area (Å²) in [7, 11) is -3.52. The average molecular weight is 480 g/mol. The number of hydrogen-bond donors (Lipinski definition) is 1. The first-order chi connectivity index (χ1) is 16.4. The fourth-order valence-electron chi connectivity index (χ4n) is 4.14.